The molecule has 0 saturated carbocycles. The van der Waals surface area contributed by atoms with Gasteiger partial charge in [-0.2, -0.15) is 0 Å². The van der Waals surface area contributed by atoms with Crippen LogP contribution in [-0.2, 0) is 0 Å². The lowest BCUT2D eigenvalue weighted by molar-refractivity contribution is 0.209. The number of hydrogen-bond donors (Lipinski definition) is 1. The Kier molecular flexibility index (Phi) is 3.53. The van der Waals surface area contributed by atoms with E-state index in [1.807, 2.05) is 6.07 Å². The van der Waals surface area contributed by atoms with Gasteiger partial charge in [0.2, 0.25) is 0 Å². The molecule has 0 aliphatic carbocycles. The topological polar surface area (TPSA) is 51.4 Å². The molecule has 112 valence electrons. The van der Waals surface area contributed by atoms with Crippen molar-refractivity contribution >= 4 is 22.2 Å². The standard InChI is InChI=1S/C16H21N3OS/c1-9(2)19-8-10(3)20-14-6-5-12(7-13(14)19)15-11(4)21-16(17)18-15/h5-7,9-10H,8H2,1-4H3,(H2,17,18). The third kappa shape index (κ3) is 2.58. The lowest BCUT2D eigenvalue weighted by atomic mass is 10.1. The summed E-state index contributed by atoms with van der Waals surface area (Å²) in [6.07, 6.45) is 0.211. The first-order valence-electron chi connectivity index (χ1n) is 7.26. The molecule has 1 aliphatic rings. The van der Waals surface area contributed by atoms with Crippen LogP contribution in [0.5, 0.6) is 5.75 Å². The lowest BCUT2D eigenvalue weighted by Gasteiger charge is -2.38. The molecule has 21 heavy (non-hydrogen) atoms. The summed E-state index contributed by atoms with van der Waals surface area (Å²) < 4.78 is 5.95. The van der Waals surface area contributed by atoms with Crippen molar-refractivity contribution in [2.45, 2.75) is 39.8 Å². The van der Waals surface area contributed by atoms with Gasteiger partial charge in [-0.1, -0.05) is 0 Å². The van der Waals surface area contributed by atoms with Crippen LogP contribution in [0, 0.1) is 6.92 Å². The zero-order valence-corrected chi connectivity index (χ0v) is 13.7. The summed E-state index contributed by atoms with van der Waals surface area (Å²) >= 11 is 1.53. The Labute approximate surface area is 129 Å². The van der Waals surface area contributed by atoms with Crippen molar-refractivity contribution in [3.63, 3.8) is 0 Å². The maximum absolute atomic E-state index is 5.95. The van der Waals surface area contributed by atoms with E-state index in [-0.39, 0.29) is 6.10 Å². The zero-order valence-electron chi connectivity index (χ0n) is 12.9. The predicted octanol–water partition coefficient (Wildman–Crippen LogP) is 3.70. The molecular formula is C16H21N3OS. The molecule has 2 aromatic rings. The van der Waals surface area contributed by atoms with Gasteiger partial charge < -0.3 is 15.4 Å². The van der Waals surface area contributed by atoms with Crippen molar-refractivity contribution in [1.82, 2.24) is 4.98 Å². The van der Waals surface area contributed by atoms with Gasteiger partial charge in [0, 0.05) is 16.5 Å². The Bertz CT molecular complexity index is 666. The van der Waals surface area contributed by atoms with Crippen LogP contribution in [0.3, 0.4) is 0 Å². The minimum Gasteiger partial charge on any atom is -0.487 e. The summed E-state index contributed by atoms with van der Waals surface area (Å²) in [5.74, 6) is 0.951. The van der Waals surface area contributed by atoms with E-state index in [4.69, 9.17) is 10.5 Å². The summed E-state index contributed by atoms with van der Waals surface area (Å²) in [5.41, 5.74) is 9.04. The van der Waals surface area contributed by atoms with Gasteiger partial charge in [0.15, 0.2) is 5.13 Å². The highest BCUT2D eigenvalue weighted by Gasteiger charge is 2.25. The van der Waals surface area contributed by atoms with Crippen molar-refractivity contribution in [3.8, 4) is 17.0 Å². The van der Waals surface area contributed by atoms with E-state index in [9.17, 15) is 0 Å². The number of fused-ring (bicyclic) bond motifs is 1. The molecule has 1 aromatic carbocycles. The molecule has 1 aliphatic heterocycles. The van der Waals surface area contributed by atoms with Crippen LogP contribution in [0.25, 0.3) is 11.3 Å². The Hall–Kier alpha value is -1.75. The van der Waals surface area contributed by atoms with E-state index < -0.39 is 0 Å². The van der Waals surface area contributed by atoms with Crippen molar-refractivity contribution in [1.29, 1.82) is 0 Å². The second kappa shape index (κ2) is 5.22. The van der Waals surface area contributed by atoms with E-state index in [1.165, 1.54) is 11.3 Å². The third-order valence-corrected chi connectivity index (χ3v) is 4.56. The second-order valence-electron chi connectivity index (χ2n) is 5.81. The average molecular weight is 303 g/mol. The van der Waals surface area contributed by atoms with Crippen LogP contribution >= 0.6 is 11.3 Å². The third-order valence-electron chi connectivity index (χ3n) is 3.76. The van der Waals surface area contributed by atoms with Crippen molar-refractivity contribution in [2.75, 3.05) is 17.2 Å². The molecule has 1 atom stereocenters. The first-order chi connectivity index (χ1) is 9.95. The molecular weight excluding hydrogens is 282 g/mol. The van der Waals surface area contributed by atoms with Crippen molar-refractivity contribution < 1.29 is 4.74 Å². The van der Waals surface area contributed by atoms with Crippen LogP contribution in [0.1, 0.15) is 25.6 Å². The number of nitrogens with two attached hydrogens (primary N) is 1. The molecule has 1 aromatic heterocycles. The van der Waals surface area contributed by atoms with Gasteiger partial charge in [-0.25, -0.2) is 4.98 Å². The van der Waals surface area contributed by atoms with Crippen LogP contribution in [0.4, 0.5) is 10.8 Å². The maximum atomic E-state index is 5.95. The first-order valence-corrected chi connectivity index (χ1v) is 8.08. The zero-order chi connectivity index (χ0) is 15.1. The number of anilines is 2. The normalized spacial score (nSPS) is 17.8. The Morgan fingerprint density at radius 3 is 2.81 bits per heavy atom. The van der Waals surface area contributed by atoms with Crippen LogP contribution < -0.4 is 15.4 Å². The molecule has 0 radical (unpaired) electrons. The lowest BCUT2D eigenvalue weighted by Crippen LogP contribution is -2.42. The van der Waals surface area contributed by atoms with E-state index in [0.717, 1.165) is 34.1 Å². The van der Waals surface area contributed by atoms with E-state index in [1.54, 1.807) is 0 Å². The van der Waals surface area contributed by atoms with Gasteiger partial charge in [0.1, 0.15) is 11.9 Å². The molecule has 0 bridgehead atoms. The summed E-state index contributed by atoms with van der Waals surface area (Å²) in [6.45, 7) is 9.49. The molecule has 0 saturated heterocycles. The monoisotopic (exact) mass is 303 g/mol. The molecule has 3 rings (SSSR count). The molecule has 0 spiro atoms. The number of nitrogens with zero attached hydrogens (tertiary/aromatic N) is 2. The number of ether oxygens (including phenoxy) is 1. The van der Waals surface area contributed by atoms with Gasteiger partial charge in [0.05, 0.1) is 17.9 Å². The van der Waals surface area contributed by atoms with Crippen molar-refractivity contribution in [2.24, 2.45) is 0 Å². The Morgan fingerprint density at radius 2 is 2.19 bits per heavy atom. The molecule has 5 heteroatoms. The number of aromatic nitrogens is 1. The number of nitrogen functional groups attached to an aromatic ring is 1. The predicted molar refractivity (Wildman–Crippen MR) is 89.3 cm³/mol. The Balaban J connectivity index is 2.08. The second-order valence-corrected chi connectivity index (χ2v) is 7.05. The molecule has 0 fully saturated rings. The molecule has 2 heterocycles. The highest BCUT2D eigenvalue weighted by molar-refractivity contribution is 7.15. The fourth-order valence-electron chi connectivity index (χ4n) is 2.79. The maximum Gasteiger partial charge on any atom is 0.180 e. The first kappa shape index (κ1) is 14.2. The largest absolute Gasteiger partial charge is 0.487 e. The van der Waals surface area contributed by atoms with Gasteiger partial charge in [0.25, 0.3) is 0 Å². The fourth-order valence-corrected chi connectivity index (χ4v) is 3.50. The van der Waals surface area contributed by atoms with Gasteiger partial charge in [-0.15, -0.1) is 11.3 Å². The van der Waals surface area contributed by atoms with Gasteiger partial charge in [-0.05, 0) is 45.9 Å². The number of benzene rings is 1. The minimum absolute atomic E-state index is 0.211. The molecule has 4 nitrogen and oxygen atoms in total. The van der Waals surface area contributed by atoms with Crippen LogP contribution in [-0.4, -0.2) is 23.7 Å². The SMILES string of the molecule is Cc1sc(N)nc1-c1ccc2c(c1)N(C(C)C)CC(C)O2. The molecule has 1 unspecified atom stereocenters. The summed E-state index contributed by atoms with van der Waals surface area (Å²) in [5, 5.41) is 0.616. The minimum atomic E-state index is 0.211. The van der Waals surface area contributed by atoms with Gasteiger partial charge in [-0.3, -0.25) is 0 Å². The van der Waals surface area contributed by atoms with E-state index in [2.05, 4.69) is 49.7 Å². The summed E-state index contributed by atoms with van der Waals surface area (Å²) in [4.78, 5) is 7.99. The number of rotatable bonds is 2. The highest BCUT2D eigenvalue weighted by atomic mass is 32.1. The Morgan fingerprint density at radius 1 is 1.43 bits per heavy atom. The van der Waals surface area contributed by atoms with E-state index >= 15 is 0 Å². The smallest absolute Gasteiger partial charge is 0.180 e. The fraction of sp³-hybridized carbons (Fsp3) is 0.438. The average Bonchev–Trinajstić information content (AvgIpc) is 2.76. The van der Waals surface area contributed by atoms with E-state index in [0.29, 0.717) is 11.2 Å². The summed E-state index contributed by atoms with van der Waals surface area (Å²) in [7, 11) is 0. The van der Waals surface area contributed by atoms with Crippen LogP contribution in [0.15, 0.2) is 18.2 Å². The summed E-state index contributed by atoms with van der Waals surface area (Å²) in [6, 6.07) is 6.72. The molecule has 0 amide bonds. The number of thiazole rings is 1. The molecule has 2 N–H and O–H groups in total. The van der Waals surface area contributed by atoms with Crippen molar-refractivity contribution in [3.05, 3.63) is 23.1 Å². The number of aryl methyl sites for hydroxylation is 1. The quantitative estimate of drug-likeness (QED) is 0.919. The highest BCUT2D eigenvalue weighted by Crippen LogP contribution is 2.39. The number of hydrogen-bond acceptors (Lipinski definition) is 5. The van der Waals surface area contributed by atoms with Crippen LogP contribution in [0.2, 0.25) is 0 Å². The van der Waals surface area contributed by atoms with Gasteiger partial charge >= 0.3 is 0 Å².